The Kier molecular flexibility index (Phi) is 2.34. The number of nitrogens with two attached hydrogens (primary N) is 1. The van der Waals surface area contributed by atoms with Gasteiger partial charge in [-0.25, -0.2) is 4.39 Å². The van der Waals surface area contributed by atoms with Gasteiger partial charge in [0.1, 0.15) is 11.9 Å². The van der Waals surface area contributed by atoms with Gasteiger partial charge in [0.05, 0.1) is 16.8 Å². The van der Waals surface area contributed by atoms with Crippen LogP contribution >= 0.6 is 0 Å². The summed E-state index contributed by atoms with van der Waals surface area (Å²) in [5, 5.41) is 8.39. The van der Waals surface area contributed by atoms with Crippen LogP contribution in [0, 0.1) is 17.1 Å². The summed E-state index contributed by atoms with van der Waals surface area (Å²) in [5.41, 5.74) is 2.12. The summed E-state index contributed by atoms with van der Waals surface area (Å²) >= 11 is 0. The van der Waals surface area contributed by atoms with Crippen molar-refractivity contribution >= 4 is 5.69 Å². The van der Waals surface area contributed by atoms with Crippen molar-refractivity contribution in [2.24, 2.45) is 0 Å². The van der Waals surface area contributed by atoms with Gasteiger partial charge in [0.25, 0.3) is 0 Å². The highest BCUT2D eigenvalue weighted by Crippen LogP contribution is 2.34. The van der Waals surface area contributed by atoms with Gasteiger partial charge in [0.15, 0.2) is 0 Å². The molecule has 0 aliphatic heterocycles. The highest BCUT2D eigenvalue weighted by atomic mass is 19.4. The first-order valence-corrected chi connectivity index (χ1v) is 3.43. The molecule has 74 valence electrons. The van der Waals surface area contributed by atoms with Crippen LogP contribution in [0.3, 0.4) is 0 Å². The molecule has 0 unspecified atom stereocenters. The summed E-state index contributed by atoms with van der Waals surface area (Å²) in [5.74, 6) is -1.03. The Morgan fingerprint density at radius 2 is 1.86 bits per heavy atom. The van der Waals surface area contributed by atoms with Crippen LogP contribution in [0.15, 0.2) is 12.1 Å². The zero-order chi connectivity index (χ0) is 10.9. The van der Waals surface area contributed by atoms with Crippen molar-refractivity contribution in [2.45, 2.75) is 6.18 Å². The average Bonchev–Trinajstić information content (AvgIpc) is 2.07. The lowest BCUT2D eigenvalue weighted by Crippen LogP contribution is -2.10. The lowest BCUT2D eigenvalue weighted by Gasteiger charge is -2.10. The maximum atomic E-state index is 12.7. The van der Waals surface area contributed by atoms with E-state index in [0.29, 0.717) is 12.1 Å². The van der Waals surface area contributed by atoms with Gasteiger partial charge in [-0.3, -0.25) is 0 Å². The number of nitriles is 1. The highest BCUT2D eigenvalue weighted by Gasteiger charge is 2.34. The van der Waals surface area contributed by atoms with E-state index in [2.05, 4.69) is 0 Å². The molecule has 0 atom stereocenters. The minimum atomic E-state index is -4.70. The van der Waals surface area contributed by atoms with Crippen molar-refractivity contribution < 1.29 is 17.6 Å². The van der Waals surface area contributed by atoms with Crippen LogP contribution in [0.5, 0.6) is 0 Å². The zero-order valence-corrected chi connectivity index (χ0v) is 6.69. The molecule has 0 aliphatic rings. The normalized spacial score (nSPS) is 11.1. The van der Waals surface area contributed by atoms with Gasteiger partial charge >= 0.3 is 6.18 Å². The van der Waals surface area contributed by atoms with Crippen molar-refractivity contribution in [1.29, 1.82) is 5.26 Å². The third kappa shape index (κ3) is 1.62. The molecule has 0 aromatic heterocycles. The first-order chi connectivity index (χ1) is 6.38. The molecule has 0 bridgehead atoms. The zero-order valence-electron chi connectivity index (χ0n) is 6.69. The molecule has 14 heavy (non-hydrogen) atoms. The van der Waals surface area contributed by atoms with Gasteiger partial charge in [0.2, 0.25) is 0 Å². The molecule has 0 amide bonds. The predicted octanol–water partition coefficient (Wildman–Crippen LogP) is 2.30. The van der Waals surface area contributed by atoms with Crippen molar-refractivity contribution in [1.82, 2.24) is 0 Å². The van der Waals surface area contributed by atoms with Crippen molar-refractivity contribution in [3.8, 4) is 6.07 Å². The second-order valence-corrected chi connectivity index (χ2v) is 2.49. The van der Waals surface area contributed by atoms with E-state index in [1.54, 1.807) is 0 Å². The third-order valence-corrected chi connectivity index (χ3v) is 1.61. The fraction of sp³-hybridized carbons (Fsp3) is 0.125. The Morgan fingerprint density at radius 1 is 1.29 bits per heavy atom. The quantitative estimate of drug-likeness (QED) is 0.520. The number of rotatable bonds is 0. The molecule has 0 fully saturated rings. The molecule has 1 aromatic rings. The molecular weight excluding hydrogens is 200 g/mol. The van der Waals surface area contributed by atoms with Gasteiger partial charge in [-0.2, -0.15) is 18.4 Å². The number of alkyl halides is 3. The van der Waals surface area contributed by atoms with E-state index in [4.69, 9.17) is 11.0 Å². The third-order valence-electron chi connectivity index (χ3n) is 1.61. The summed E-state index contributed by atoms with van der Waals surface area (Å²) in [7, 11) is 0. The van der Waals surface area contributed by atoms with E-state index >= 15 is 0 Å². The minimum absolute atomic E-state index is 0.490. The van der Waals surface area contributed by atoms with Crippen LogP contribution in [-0.2, 0) is 6.18 Å². The molecule has 6 heteroatoms. The Morgan fingerprint density at radius 3 is 2.29 bits per heavy atom. The number of benzene rings is 1. The fourth-order valence-corrected chi connectivity index (χ4v) is 0.951. The minimum Gasteiger partial charge on any atom is -0.395 e. The molecule has 0 heterocycles. The maximum Gasteiger partial charge on any atom is 0.417 e. The molecule has 0 spiro atoms. The number of nitrogens with zero attached hydrogens (tertiary/aromatic N) is 1. The van der Waals surface area contributed by atoms with Crippen LogP contribution in [-0.4, -0.2) is 0 Å². The van der Waals surface area contributed by atoms with Crippen molar-refractivity contribution in [3.63, 3.8) is 0 Å². The molecule has 0 saturated carbocycles. The highest BCUT2D eigenvalue weighted by molar-refractivity contribution is 5.59. The topological polar surface area (TPSA) is 49.8 Å². The van der Waals surface area contributed by atoms with Crippen LogP contribution < -0.4 is 5.73 Å². The van der Waals surface area contributed by atoms with Gasteiger partial charge < -0.3 is 5.73 Å². The number of halogens is 4. The number of anilines is 1. The molecule has 2 nitrogen and oxygen atoms in total. The average molecular weight is 204 g/mol. The van der Waals surface area contributed by atoms with Gasteiger partial charge in [0, 0.05) is 0 Å². The van der Waals surface area contributed by atoms with Crippen LogP contribution in [0.4, 0.5) is 23.2 Å². The van der Waals surface area contributed by atoms with Gasteiger partial charge in [-0.15, -0.1) is 0 Å². The van der Waals surface area contributed by atoms with Gasteiger partial charge in [-0.1, -0.05) is 0 Å². The Bertz CT molecular complexity index is 403. The SMILES string of the molecule is N#Cc1c(C(F)(F)F)ccc(F)c1N. The van der Waals surface area contributed by atoms with Crippen LogP contribution in [0.25, 0.3) is 0 Å². The van der Waals surface area contributed by atoms with Crippen LogP contribution in [0.2, 0.25) is 0 Å². The lowest BCUT2D eigenvalue weighted by atomic mass is 10.1. The number of hydrogen-bond acceptors (Lipinski definition) is 2. The first kappa shape index (κ1) is 10.3. The lowest BCUT2D eigenvalue weighted by molar-refractivity contribution is -0.137. The molecular formula is C8H4F4N2. The molecule has 0 saturated heterocycles. The molecule has 0 radical (unpaired) electrons. The standard InChI is InChI=1S/C8H4F4N2/c9-6-2-1-5(8(10,11)12)4(3-13)7(6)14/h1-2H,14H2. The smallest absolute Gasteiger partial charge is 0.395 e. The Labute approximate surface area is 76.6 Å². The summed E-state index contributed by atoms with van der Waals surface area (Å²) in [4.78, 5) is 0. The summed E-state index contributed by atoms with van der Waals surface area (Å²) < 4.78 is 49.3. The van der Waals surface area contributed by atoms with E-state index in [0.717, 1.165) is 0 Å². The van der Waals surface area contributed by atoms with E-state index < -0.39 is 28.8 Å². The molecule has 2 N–H and O–H groups in total. The Hall–Kier alpha value is -1.77. The maximum absolute atomic E-state index is 12.7. The van der Waals surface area contributed by atoms with E-state index in [9.17, 15) is 17.6 Å². The fourth-order valence-electron chi connectivity index (χ4n) is 0.951. The number of hydrogen-bond donors (Lipinski definition) is 1. The van der Waals surface area contributed by atoms with E-state index in [1.165, 1.54) is 6.07 Å². The molecule has 1 rings (SSSR count). The predicted molar refractivity (Wildman–Crippen MR) is 40.5 cm³/mol. The van der Waals surface area contributed by atoms with Crippen LogP contribution in [0.1, 0.15) is 11.1 Å². The van der Waals surface area contributed by atoms with Gasteiger partial charge in [-0.05, 0) is 12.1 Å². The molecule has 1 aromatic carbocycles. The Balaban J connectivity index is 3.49. The summed E-state index contributed by atoms with van der Waals surface area (Å²) in [6, 6.07) is 2.30. The summed E-state index contributed by atoms with van der Waals surface area (Å²) in [6.07, 6.45) is -4.70. The van der Waals surface area contributed by atoms with E-state index in [1.807, 2.05) is 0 Å². The van der Waals surface area contributed by atoms with Crippen molar-refractivity contribution in [2.75, 3.05) is 5.73 Å². The summed E-state index contributed by atoms with van der Waals surface area (Å²) in [6.45, 7) is 0. The second-order valence-electron chi connectivity index (χ2n) is 2.49. The van der Waals surface area contributed by atoms with E-state index in [-0.39, 0.29) is 0 Å². The first-order valence-electron chi connectivity index (χ1n) is 3.43. The number of nitrogen functional groups attached to an aromatic ring is 1. The monoisotopic (exact) mass is 204 g/mol. The molecule has 0 aliphatic carbocycles. The van der Waals surface area contributed by atoms with Crippen molar-refractivity contribution in [3.05, 3.63) is 29.1 Å². The largest absolute Gasteiger partial charge is 0.417 e. The second kappa shape index (κ2) is 3.18.